The van der Waals surface area contributed by atoms with E-state index in [0.29, 0.717) is 0 Å². The number of halogens is 1. The summed E-state index contributed by atoms with van der Waals surface area (Å²) >= 11 is 5.12. The first-order valence-corrected chi connectivity index (χ1v) is 11.5. The molecule has 2 aromatic carbocycles. The number of benzene rings is 2. The number of nitrogens with zero attached hydrogens (tertiary/aromatic N) is 3. The average molecular weight is 470 g/mol. The maximum Gasteiger partial charge on any atom is 0.267 e. The van der Waals surface area contributed by atoms with Crippen LogP contribution in [0.25, 0.3) is 6.08 Å². The van der Waals surface area contributed by atoms with Crippen LogP contribution in [0.1, 0.15) is 31.2 Å². The zero-order valence-corrected chi connectivity index (χ0v) is 19.0. The molecule has 0 radical (unpaired) electrons. The Hall–Kier alpha value is -2.05. The second-order valence-electron chi connectivity index (χ2n) is 7.56. The van der Waals surface area contributed by atoms with Gasteiger partial charge in [-0.05, 0) is 76.4 Å². The van der Waals surface area contributed by atoms with Crippen LogP contribution in [0.4, 0.5) is 11.4 Å². The van der Waals surface area contributed by atoms with E-state index in [0.717, 1.165) is 44.3 Å². The molecule has 2 aromatic rings. The number of hydrogen-bond donors (Lipinski definition) is 0. The van der Waals surface area contributed by atoms with Crippen molar-refractivity contribution in [3.63, 3.8) is 0 Å². The molecule has 1 aliphatic heterocycles. The molecule has 2 fully saturated rings. The van der Waals surface area contributed by atoms with Gasteiger partial charge in [0.1, 0.15) is 0 Å². The largest absolute Gasteiger partial charge is 0.377 e. The zero-order chi connectivity index (χ0) is 20.4. The number of carbonyl (C=O) groups excluding carboxylic acids is 1. The molecule has 0 aromatic heterocycles. The lowest BCUT2D eigenvalue weighted by Gasteiger charge is -2.22. The smallest absolute Gasteiger partial charge is 0.267 e. The van der Waals surface area contributed by atoms with Gasteiger partial charge in [0.15, 0.2) is 5.17 Å². The van der Waals surface area contributed by atoms with Gasteiger partial charge in [-0.25, -0.2) is 4.99 Å². The Morgan fingerprint density at radius 1 is 1.14 bits per heavy atom. The molecular formula is C23H24BrN3OS. The molecule has 1 heterocycles. The van der Waals surface area contributed by atoms with Crippen molar-refractivity contribution in [1.29, 1.82) is 0 Å². The Balaban J connectivity index is 1.68. The van der Waals surface area contributed by atoms with Gasteiger partial charge in [0, 0.05) is 24.6 Å². The first kappa shape index (κ1) is 20.2. The zero-order valence-electron chi connectivity index (χ0n) is 16.6. The van der Waals surface area contributed by atoms with Crippen molar-refractivity contribution in [2.75, 3.05) is 19.0 Å². The van der Waals surface area contributed by atoms with Crippen molar-refractivity contribution in [3.05, 3.63) is 63.5 Å². The molecule has 150 valence electrons. The highest BCUT2D eigenvalue weighted by atomic mass is 79.9. The monoisotopic (exact) mass is 469 g/mol. The summed E-state index contributed by atoms with van der Waals surface area (Å²) in [7, 11) is 4.03. The molecule has 0 atom stereocenters. The van der Waals surface area contributed by atoms with Crippen molar-refractivity contribution in [2.45, 2.75) is 31.7 Å². The summed E-state index contributed by atoms with van der Waals surface area (Å²) in [6.45, 7) is 0. The van der Waals surface area contributed by atoms with Gasteiger partial charge in [-0.2, -0.15) is 0 Å². The van der Waals surface area contributed by atoms with Crippen LogP contribution in [-0.2, 0) is 4.79 Å². The fraction of sp³-hybridized carbons (Fsp3) is 0.304. The number of thioether (sulfide) groups is 1. The lowest BCUT2D eigenvalue weighted by atomic mass is 10.1. The Kier molecular flexibility index (Phi) is 6.11. The van der Waals surface area contributed by atoms with Crippen LogP contribution in [0.2, 0.25) is 0 Å². The van der Waals surface area contributed by atoms with Crippen LogP contribution in [0.15, 0.2) is 62.9 Å². The number of amidine groups is 1. The lowest BCUT2D eigenvalue weighted by molar-refractivity contribution is -0.123. The normalized spacial score (nSPS) is 20.2. The highest BCUT2D eigenvalue weighted by molar-refractivity contribution is 9.10. The summed E-state index contributed by atoms with van der Waals surface area (Å²) in [6.07, 6.45) is 6.44. The van der Waals surface area contributed by atoms with Crippen LogP contribution in [0, 0.1) is 0 Å². The summed E-state index contributed by atoms with van der Waals surface area (Å²) in [5.74, 6) is 0.0735. The molecule has 0 bridgehead atoms. The first-order chi connectivity index (χ1) is 14.0. The number of para-hydroxylation sites is 1. The maximum absolute atomic E-state index is 13.3. The first-order valence-electron chi connectivity index (χ1n) is 9.86. The minimum atomic E-state index is 0.0735. The summed E-state index contributed by atoms with van der Waals surface area (Å²) in [5.41, 5.74) is 2.99. The second kappa shape index (κ2) is 8.76. The molecule has 0 spiro atoms. The van der Waals surface area contributed by atoms with Crippen LogP contribution < -0.4 is 4.90 Å². The van der Waals surface area contributed by atoms with Gasteiger partial charge >= 0.3 is 0 Å². The standard InChI is InChI=1S/C23H24BrN3OS/c1-26(2)20-13-12-16(14-19(20)24)15-21-22(28)27(18-10-6-7-11-18)23(29-21)25-17-8-4-3-5-9-17/h3-5,8-9,12-15,18H,6-7,10-11H2,1-2H3. The van der Waals surface area contributed by atoms with Gasteiger partial charge in [0.05, 0.1) is 16.3 Å². The Morgan fingerprint density at radius 3 is 2.52 bits per heavy atom. The molecule has 6 heteroatoms. The van der Waals surface area contributed by atoms with E-state index in [1.807, 2.05) is 61.5 Å². The second-order valence-corrected chi connectivity index (χ2v) is 9.42. The predicted molar refractivity (Wildman–Crippen MR) is 127 cm³/mol. The number of carbonyl (C=O) groups is 1. The molecule has 0 unspecified atom stereocenters. The highest BCUT2D eigenvalue weighted by Gasteiger charge is 2.39. The number of hydrogen-bond acceptors (Lipinski definition) is 4. The third-order valence-electron chi connectivity index (χ3n) is 5.26. The van der Waals surface area contributed by atoms with Crippen LogP contribution in [-0.4, -0.2) is 36.1 Å². The summed E-state index contributed by atoms with van der Waals surface area (Å²) in [4.78, 5) is 22.8. The SMILES string of the molecule is CN(C)c1ccc(C=C2SC(=Nc3ccccc3)N(C3CCCC3)C2=O)cc1Br. The maximum atomic E-state index is 13.3. The Morgan fingerprint density at radius 2 is 1.86 bits per heavy atom. The van der Waals surface area contributed by atoms with Crippen molar-refractivity contribution in [1.82, 2.24) is 4.90 Å². The van der Waals surface area contributed by atoms with Gasteiger partial charge < -0.3 is 4.90 Å². The van der Waals surface area contributed by atoms with E-state index in [1.165, 1.54) is 24.6 Å². The van der Waals surface area contributed by atoms with E-state index in [1.54, 1.807) is 0 Å². The third kappa shape index (κ3) is 4.43. The molecule has 1 aliphatic carbocycles. The van der Waals surface area contributed by atoms with Crippen molar-refractivity contribution >= 4 is 56.2 Å². The molecule has 0 N–H and O–H groups in total. The van der Waals surface area contributed by atoms with Crippen LogP contribution >= 0.6 is 27.7 Å². The lowest BCUT2D eigenvalue weighted by Crippen LogP contribution is -2.37. The van der Waals surface area contributed by atoms with Gasteiger partial charge in [-0.3, -0.25) is 9.69 Å². The van der Waals surface area contributed by atoms with E-state index < -0.39 is 0 Å². The summed E-state index contributed by atoms with van der Waals surface area (Å²) in [6, 6.07) is 16.3. The Labute approximate surface area is 184 Å². The van der Waals surface area contributed by atoms with E-state index >= 15 is 0 Å². The molecule has 4 rings (SSSR count). The van der Waals surface area contributed by atoms with E-state index in [9.17, 15) is 4.79 Å². The van der Waals surface area contributed by atoms with Gasteiger partial charge in [-0.1, -0.05) is 37.1 Å². The quantitative estimate of drug-likeness (QED) is 0.510. The van der Waals surface area contributed by atoms with Crippen molar-refractivity contribution in [2.24, 2.45) is 4.99 Å². The minimum Gasteiger partial charge on any atom is -0.377 e. The van der Waals surface area contributed by atoms with Gasteiger partial charge in [0.25, 0.3) is 5.91 Å². The fourth-order valence-corrected chi connectivity index (χ4v) is 5.60. The molecule has 29 heavy (non-hydrogen) atoms. The van der Waals surface area contributed by atoms with Gasteiger partial charge in [-0.15, -0.1) is 0 Å². The minimum absolute atomic E-state index is 0.0735. The molecule has 1 saturated heterocycles. The van der Waals surface area contributed by atoms with Crippen molar-refractivity contribution < 1.29 is 4.79 Å². The Bertz CT molecular complexity index is 965. The predicted octanol–water partition coefficient (Wildman–Crippen LogP) is 6.06. The molecule has 2 aliphatic rings. The number of anilines is 1. The molecule has 4 nitrogen and oxygen atoms in total. The topological polar surface area (TPSA) is 35.9 Å². The van der Waals surface area contributed by atoms with Crippen LogP contribution in [0.3, 0.4) is 0 Å². The number of aliphatic imine (C=N–C) groups is 1. The summed E-state index contributed by atoms with van der Waals surface area (Å²) < 4.78 is 1.01. The van der Waals surface area contributed by atoms with E-state index in [4.69, 9.17) is 4.99 Å². The highest BCUT2D eigenvalue weighted by Crippen LogP contribution is 2.39. The van der Waals surface area contributed by atoms with E-state index in [2.05, 4.69) is 33.0 Å². The fourth-order valence-electron chi connectivity index (χ4n) is 3.79. The number of rotatable bonds is 4. The average Bonchev–Trinajstić information content (AvgIpc) is 3.31. The third-order valence-corrected chi connectivity index (χ3v) is 6.88. The molecule has 1 saturated carbocycles. The van der Waals surface area contributed by atoms with Gasteiger partial charge in [0.2, 0.25) is 0 Å². The summed E-state index contributed by atoms with van der Waals surface area (Å²) in [5, 5.41) is 0.795. The van der Waals surface area contributed by atoms with E-state index in [-0.39, 0.29) is 11.9 Å². The number of amides is 1. The molecule has 1 amide bonds. The molecular weight excluding hydrogens is 446 g/mol. The van der Waals surface area contributed by atoms with Crippen LogP contribution in [0.5, 0.6) is 0 Å². The van der Waals surface area contributed by atoms with Crippen molar-refractivity contribution in [3.8, 4) is 0 Å².